The van der Waals surface area contributed by atoms with E-state index in [0.29, 0.717) is 23.4 Å². The lowest BCUT2D eigenvalue weighted by Gasteiger charge is -2.07. The van der Waals surface area contributed by atoms with E-state index in [4.69, 9.17) is 11.6 Å². The van der Waals surface area contributed by atoms with Crippen molar-refractivity contribution < 1.29 is 0 Å². The first-order valence-electron chi connectivity index (χ1n) is 7.92. The fraction of sp³-hybridized carbons (Fsp3) is 0.235. The van der Waals surface area contributed by atoms with Gasteiger partial charge in [-0.25, -0.2) is 9.97 Å². The van der Waals surface area contributed by atoms with Crippen molar-refractivity contribution >= 4 is 23.4 Å². The van der Waals surface area contributed by atoms with Gasteiger partial charge in [0.1, 0.15) is 21.7 Å². The molecule has 3 aromatic heterocycles. The Morgan fingerprint density at radius 2 is 2.16 bits per heavy atom. The Morgan fingerprint density at radius 3 is 2.88 bits per heavy atom. The highest BCUT2D eigenvalue weighted by atomic mass is 35.5. The Hall–Kier alpha value is -2.25. The van der Waals surface area contributed by atoms with Crippen molar-refractivity contribution in [1.29, 1.82) is 0 Å². The lowest BCUT2D eigenvalue weighted by molar-refractivity contribution is 0.728. The first-order valence-corrected chi connectivity index (χ1v) is 9.12. The zero-order chi connectivity index (χ0) is 17.2. The van der Waals surface area contributed by atoms with Crippen LogP contribution in [-0.4, -0.2) is 29.7 Å². The molecule has 4 rings (SSSR count). The second-order valence-corrected chi connectivity index (χ2v) is 7.06. The molecule has 0 aromatic carbocycles. The topological polar surface area (TPSA) is 69.4 Å². The van der Waals surface area contributed by atoms with Crippen LogP contribution in [0.4, 0.5) is 0 Å². The minimum absolute atomic E-state index is 0.438. The molecular formula is C17H15ClN6S. The van der Waals surface area contributed by atoms with Crippen LogP contribution >= 0.6 is 23.4 Å². The van der Waals surface area contributed by atoms with Crippen molar-refractivity contribution in [3.63, 3.8) is 0 Å². The number of hydrogen-bond donors (Lipinski definition) is 0. The van der Waals surface area contributed by atoms with Gasteiger partial charge in [0.25, 0.3) is 0 Å². The maximum Gasteiger partial charge on any atom is 0.198 e. The maximum atomic E-state index is 6.16. The van der Waals surface area contributed by atoms with E-state index in [2.05, 4.69) is 31.7 Å². The molecule has 126 valence electrons. The van der Waals surface area contributed by atoms with Crippen LogP contribution in [-0.2, 0) is 6.54 Å². The van der Waals surface area contributed by atoms with Gasteiger partial charge in [0.2, 0.25) is 0 Å². The van der Waals surface area contributed by atoms with Crippen molar-refractivity contribution in [2.75, 3.05) is 0 Å². The predicted molar refractivity (Wildman–Crippen MR) is 96.6 cm³/mol. The summed E-state index contributed by atoms with van der Waals surface area (Å²) < 4.78 is 1.97. The number of nitrogens with zero attached hydrogens (tertiary/aromatic N) is 6. The molecule has 8 heteroatoms. The normalized spacial score (nSPS) is 13.8. The highest BCUT2D eigenvalue weighted by Gasteiger charge is 2.27. The van der Waals surface area contributed by atoms with Crippen LogP contribution in [0.15, 0.2) is 53.3 Å². The average molecular weight is 371 g/mol. The molecular weight excluding hydrogens is 356 g/mol. The lowest BCUT2D eigenvalue weighted by Crippen LogP contribution is -2.02. The quantitative estimate of drug-likeness (QED) is 0.482. The molecule has 3 heterocycles. The molecule has 0 aliphatic heterocycles. The number of halogens is 1. The third-order valence-electron chi connectivity index (χ3n) is 3.75. The molecule has 0 saturated heterocycles. The molecule has 0 spiro atoms. The van der Waals surface area contributed by atoms with Crippen LogP contribution in [0.25, 0.3) is 11.5 Å². The smallest absolute Gasteiger partial charge is 0.198 e. The molecule has 1 fully saturated rings. The van der Waals surface area contributed by atoms with E-state index in [1.807, 2.05) is 28.8 Å². The van der Waals surface area contributed by atoms with Gasteiger partial charge in [-0.05, 0) is 36.7 Å². The lowest BCUT2D eigenvalue weighted by atomic mass is 10.3. The Balaban J connectivity index is 1.69. The van der Waals surface area contributed by atoms with Crippen molar-refractivity contribution in [3.8, 4) is 11.5 Å². The monoisotopic (exact) mass is 370 g/mol. The zero-order valence-corrected chi connectivity index (χ0v) is 14.9. The van der Waals surface area contributed by atoms with E-state index in [0.717, 1.165) is 34.5 Å². The summed E-state index contributed by atoms with van der Waals surface area (Å²) in [5.41, 5.74) is 0.767. The summed E-state index contributed by atoms with van der Waals surface area (Å²) in [4.78, 5) is 13.3. The van der Waals surface area contributed by atoms with Crippen LogP contribution in [0, 0.1) is 0 Å². The van der Waals surface area contributed by atoms with Gasteiger partial charge in [0.05, 0.1) is 0 Å². The Morgan fingerprint density at radius 1 is 1.28 bits per heavy atom. The molecule has 3 aromatic rings. The SMILES string of the molecule is C=CCn1c(Sc2cc(Cl)nc(C3CC3)n2)nnc1-c1ccccn1. The Labute approximate surface area is 154 Å². The van der Waals surface area contributed by atoms with E-state index in [1.54, 1.807) is 12.3 Å². The van der Waals surface area contributed by atoms with Crippen molar-refractivity contribution in [1.82, 2.24) is 29.7 Å². The molecule has 0 atom stereocenters. The molecule has 25 heavy (non-hydrogen) atoms. The van der Waals surface area contributed by atoms with Gasteiger partial charge in [-0.3, -0.25) is 9.55 Å². The molecule has 1 aliphatic carbocycles. The number of rotatable bonds is 6. The summed E-state index contributed by atoms with van der Waals surface area (Å²) in [6.07, 6.45) is 5.80. The van der Waals surface area contributed by atoms with E-state index in [9.17, 15) is 0 Å². The molecule has 0 unspecified atom stereocenters. The van der Waals surface area contributed by atoms with E-state index in [-0.39, 0.29) is 0 Å². The second-order valence-electron chi connectivity index (χ2n) is 5.68. The van der Waals surface area contributed by atoms with Gasteiger partial charge in [0.15, 0.2) is 11.0 Å². The summed E-state index contributed by atoms with van der Waals surface area (Å²) >= 11 is 7.58. The Kier molecular flexibility index (Phi) is 4.50. The van der Waals surface area contributed by atoms with E-state index >= 15 is 0 Å². The average Bonchev–Trinajstić information content (AvgIpc) is 3.40. The standard InChI is InChI=1S/C17H15ClN6S/c1-2-9-24-16(12-5-3-4-8-19-12)22-23-17(24)25-14-10-13(18)20-15(21-14)11-6-7-11/h2-5,8,10-11H,1,6-7,9H2. The molecule has 1 saturated carbocycles. The van der Waals surface area contributed by atoms with Crippen LogP contribution < -0.4 is 0 Å². The van der Waals surface area contributed by atoms with Crippen LogP contribution in [0.3, 0.4) is 0 Å². The van der Waals surface area contributed by atoms with Crippen LogP contribution in [0.5, 0.6) is 0 Å². The third-order valence-corrected chi connectivity index (χ3v) is 4.85. The summed E-state index contributed by atoms with van der Waals surface area (Å²) in [6.45, 7) is 4.40. The molecule has 0 bridgehead atoms. The van der Waals surface area contributed by atoms with Crippen molar-refractivity contribution in [2.24, 2.45) is 0 Å². The number of hydrogen-bond acceptors (Lipinski definition) is 6. The summed E-state index contributed by atoms with van der Waals surface area (Å²) in [7, 11) is 0. The Bertz CT molecular complexity index is 907. The van der Waals surface area contributed by atoms with E-state index < -0.39 is 0 Å². The highest BCUT2D eigenvalue weighted by molar-refractivity contribution is 7.99. The predicted octanol–water partition coefficient (Wildman–Crippen LogP) is 4.00. The molecule has 0 N–H and O–H groups in total. The molecule has 1 aliphatic rings. The summed E-state index contributed by atoms with van der Waals surface area (Å²) in [5.74, 6) is 1.95. The molecule has 0 radical (unpaired) electrons. The van der Waals surface area contributed by atoms with Crippen molar-refractivity contribution in [2.45, 2.75) is 35.5 Å². The third kappa shape index (κ3) is 3.57. The fourth-order valence-electron chi connectivity index (χ4n) is 2.43. The van der Waals surface area contributed by atoms with E-state index in [1.165, 1.54) is 11.8 Å². The highest BCUT2D eigenvalue weighted by Crippen LogP contribution is 2.39. The fourth-order valence-corrected chi connectivity index (χ4v) is 3.53. The van der Waals surface area contributed by atoms with Gasteiger partial charge < -0.3 is 0 Å². The van der Waals surface area contributed by atoms with Crippen LogP contribution in [0.1, 0.15) is 24.6 Å². The zero-order valence-electron chi connectivity index (χ0n) is 13.3. The van der Waals surface area contributed by atoms with Crippen LogP contribution in [0.2, 0.25) is 5.15 Å². The molecule has 6 nitrogen and oxygen atoms in total. The number of pyridine rings is 1. The number of aromatic nitrogens is 6. The summed E-state index contributed by atoms with van der Waals surface area (Å²) in [6, 6.07) is 7.46. The van der Waals surface area contributed by atoms with Crippen molar-refractivity contribution in [3.05, 3.63) is 54.1 Å². The number of allylic oxidation sites excluding steroid dienone is 1. The minimum Gasteiger partial charge on any atom is -0.297 e. The maximum absolute atomic E-state index is 6.16. The van der Waals surface area contributed by atoms with Gasteiger partial charge in [-0.15, -0.1) is 16.8 Å². The van der Waals surface area contributed by atoms with Gasteiger partial charge >= 0.3 is 0 Å². The summed E-state index contributed by atoms with van der Waals surface area (Å²) in [5, 5.41) is 10.6. The minimum atomic E-state index is 0.438. The first-order chi connectivity index (χ1) is 12.2. The molecule has 0 amide bonds. The van der Waals surface area contributed by atoms with Gasteiger partial charge in [-0.1, -0.05) is 23.7 Å². The van der Waals surface area contributed by atoms with Gasteiger partial charge in [-0.2, -0.15) is 0 Å². The van der Waals surface area contributed by atoms with Gasteiger partial charge in [0, 0.05) is 24.7 Å². The second kappa shape index (κ2) is 6.93. The first kappa shape index (κ1) is 16.2. The largest absolute Gasteiger partial charge is 0.297 e.